The molecule has 0 aromatic carbocycles. The number of hydrogen-bond acceptors (Lipinski definition) is 2. The molecule has 2 nitrogen and oxygen atoms in total. The molecule has 2 aliphatic rings. The Morgan fingerprint density at radius 1 is 1.06 bits per heavy atom. The second-order valence-electron chi connectivity index (χ2n) is 6.21. The number of nitrogens with zero attached hydrogens (tertiary/aromatic N) is 1. The molecular formula is C15H30N2. The van der Waals surface area contributed by atoms with E-state index in [1.807, 2.05) is 0 Å². The maximum absolute atomic E-state index is 6.04. The minimum absolute atomic E-state index is 0.661. The van der Waals surface area contributed by atoms with Crippen molar-refractivity contribution in [2.24, 2.45) is 11.7 Å². The second kappa shape index (κ2) is 6.75. The van der Waals surface area contributed by atoms with Gasteiger partial charge in [-0.2, -0.15) is 0 Å². The topological polar surface area (TPSA) is 29.3 Å². The van der Waals surface area contributed by atoms with Crippen molar-refractivity contribution in [2.45, 2.75) is 76.8 Å². The van der Waals surface area contributed by atoms with Crippen LogP contribution in [-0.4, -0.2) is 30.1 Å². The molecule has 2 rings (SSSR count). The minimum Gasteiger partial charge on any atom is -0.329 e. The van der Waals surface area contributed by atoms with E-state index in [0.717, 1.165) is 18.5 Å². The van der Waals surface area contributed by atoms with E-state index in [2.05, 4.69) is 11.8 Å². The highest BCUT2D eigenvalue weighted by Gasteiger charge is 2.27. The van der Waals surface area contributed by atoms with Gasteiger partial charge in [0.15, 0.2) is 0 Å². The molecule has 2 heteroatoms. The highest BCUT2D eigenvalue weighted by molar-refractivity contribution is 4.83. The van der Waals surface area contributed by atoms with Crippen molar-refractivity contribution in [3.8, 4) is 0 Å². The molecular weight excluding hydrogens is 208 g/mol. The van der Waals surface area contributed by atoms with E-state index >= 15 is 0 Å². The van der Waals surface area contributed by atoms with Crippen LogP contribution in [0.5, 0.6) is 0 Å². The van der Waals surface area contributed by atoms with E-state index in [1.54, 1.807) is 0 Å². The van der Waals surface area contributed by atoms with Gasteiger partial charge in [0, 0.05) is 18.6 Å². The molecule has 2 unspecified atom stereocenters. The van der Waals surface area contributed by atoms with Gasteiger partial charge in [0.2, 0.25) is 0 Å². The smallest absolute Gasteiger partial charge is 0.0223 e. The molecule has 0 amide bonds. The van der Waals surface area contributed by atoms with E-state index in [1.165, 1.54) is 64.3 Å². The highest BCUT2D eigenvalue weighted by Crippen LogP contribution is 2.30. The maximum Gasteiger partial charge on any atom is 0.0223 e. The summed E-state index contributed by atoms with van der Waals surface area (Å²) >= 11 is 0. The quantitative estimate of drug-likeness (QED) is 0.815. The molecule has 2 atom stereocenters. The highest BCUT2D eigenvalue weighted by atomic mass is 15.2. The van der Waals surface area contributed by atoms with Gasteiger partial charge in [0.05, 0.1) is 0 Å². The molecule has 100 valence electrons. The molecule has 1 saturated heterocycles. The van der Waals surface area contributed by atoms with Gasteiger partial charge in [-0.15, -0.1) is 0 Å². The molecule has 0 spiro atoms. The summed E-state index contributed by atoms with van der Waals surface area (Å²) < 4.78 is 0. The van der Waals surface area contributed by atoms with Crippen LogP contribution in [0.15, 0.2) is 0 Å². The molecule has 0 radical (unpaired) electrons. The molecule has 1 aliphatic heterocycles. The first-order valence-electron chi connectivity index (χ1n) is 7.77. The SMILES string of the molecule is CC1CCCCN1C(CN)CC1CCCCC1. The fourth-order valence-corrected chi connectivity index (χ4v) is 3.84. The summed E-state index contributed by atoms with van der Waals surface area (Å²) in [6.45, 7) is 4.54. The lowest BCUT2D eigenvalue weighted by Gasteiger charge is -2.41. The van der Waals surface area contributed by atoms with Crippen LogP contribution in [0.2, 0.25) is 0 Å². The summed E-state index contributed by atoms with van der Waals surface area (Å²) in [5.74, 6) is 0.964. The zero-order valence-corrected chi connectivity index (χ0v) is 11.5. The molecule has 2 fully saturated rings. The summed E-state index contributed by atoms with van der Waals surface area (Å²) in [6, 6.07) is 1.43. The summed E-state index contributed by atoms with van der Waals surface area (Å²) in [7, 11) is 0. The van der Waals surface area contributed by atoms with Crippen molar-refractivity contribution < 1.29 is 0 Å². The predicted molar refractivity (Wildman–Crippen MR) is 74.1 cm³/mol. The summed E-state index contributed by atoms with van der Waals surface area (Å²) in [4.78, 5) is 2.71. The minimum atomic E-state index is 0.661. The van der Waals surface area contributed by atoms with E-state index in [-0.39, 0.29) is 0 Å². The van der Waals surface area contributed by atoms with Gasteiger partial charge >= 0.3 is 0 Å². The Labute approximate surface area is 107 Å². The Kier molecular flexibility index (Phi) is 5.30. The van der Waals surface area contributed by atoms with Crippen LogP contribution < -0.4 is 5.73 Å². The lowest BCUT2D eigenvalue weighted by molar-refractivity contribution is 0.0881. The predicted octanol–water partition coefficient (Wildman–Crippen LogP) is 3.16. The normalized spacial score (nSPS) is 30.4. The van der Waals surface area contributed by atoms with Crippen LogP contribution in [0.4, 0.5) is 0 Å². The Morgan fingerprint density at radius 3 is 2.41 bits per heavy atom. The first-order chi connectivity index (χ1) is 8.31. The number of likely N-dealkylation sites (tertiary alicyclic amines) is 1. The summed E-state index contributed by atoms with van der Waals surface area (Å²) in [5, 5.41) is 0. The van der Waals surface area contributed by atoms with E-state index in [9.17, 15) is 0 Å². The molecule has 1 heterocycles. The zero-order chi connectivity index (χ0) is 12.1. The molecule has 0 bridgehead atoms. The van der Waals surface area contributed by atoms with Gasteiger partial charge in [-0.05, 0) is 38.6 Å². The molecule has 1 saturated carbocycles. The first-order valence-corrected chi connectivity index (χ1v) is 7.77. The lowest BCUT2D eigenvalue weighted by Crippen LogP contribution is -2.49. The average Bonchev–Trinajstić information content (AvgIpc) is 2.38. The number of nitrogens with two attached hydrogens (primary N) is 1. The Hall–Kier alpha value is -0.0800. The van der Waals surface area contributed by atoms with Gasteiger partial charge < -0.3 is 5.73 Å². The standard InChI is InChI=1S/C15H30N2/c1-13-7-5-6-10-17(13)15(12-16)11-14-8-3-2-4-9-14/h13-15H,2-12,16H2,1H3. The van der Waals surface area contributed by atoms with Gasteiger partial charge in [0.25, 0.3) is 0 Å². The van der Waals surface area contributed by atoms with Crippen LogP contribution in [-0.2, 0) is 0 Å². The van der Waals surface area contributed by atoms with Crippen molar-refractivity contribution in [3.63, 3.8) is 0 Å². The van der Waals surface area contributed by atoms with E-state index in [0.29, 0.717) is 6.04 Å². The van der Waals surface area contributed by atoms with E-state index < -0.39 is 0 Å². The summed E-state index contributed by atoms with van der Waals surface area (Å²) in [6.07, 6.45) is 12.8. The number of rotatable bonds is 4. The fourth-order valence-electron chi connectivity index (χ4n) is 3.84. The maximum atomic E-state index is 6.04. The molecule has 1 aliphatic carbocycles. The number of piperidine rings is 1. The monoisotopic (exact) mass is 238 g/mol. The Bertz CT molecular complexity index is 211. The van der Waals surface area contributed by atoms with Gasteiger partial charge in [-0.1, -0.05) is 38.5 Å². The zero-order valence-electron chi connectivity index (χ0n) is 11.5. The Balaban J connectivity index is 1.85. The van der Waals surface area contributed by atoms with Crippen molar-refractivity contribution >= 4 is 0 Å². The molecule has 2 N–H and O–H groups in total. The van der Waals surface area contributed by atoms with Crippen LogP contribution in [0.25, 0.3) is 0 Å². The van der Waals surface area contributed by atoms with E-state index in [4.69, 9.17) is 5.73 Å². The molecule has 0 aromatic heterocycles. The molecule has 0 aromatic rings. The molecule has 17 heavy (non-hydrogen) atoms. The van der Waals surface area contributed by atoms with Crippen LogP contribution in [0.1, 0.15) is 64.7 Å². The van der Waals surface area contributed by atoms with Crippen molar-refractivity contribution in [2.75, 3.05) is 13.1 Å². The van der Waals surface area contributed by atoms with Crippen molar-refractivity contribution in [1.29, 1.82) is 0 Å². The first kappa shape index (κ1) is 13.4. The third-order valence-corrected chi connectivity index (χ3v) is 4.93. The van der Waals surface area contributed by atoms with Crippen LogP contribution in [0.3, 0.4) is 0 Å². The largest absolute Gasteiger partial charge is 0.329 e. The third kappa shape index (κ3) is 3.69. The van der Waals surface area contributed by atoms with Crippen LogP contribution in [0, 0.1) is 5.92 Å². The van der Waals surface area contributed by atoms with Crippen LogP contribution >= 0.6 is 0 Å². The number of hydrogen-bond donors (Lipinski definition) is 1. The lowest BCUT2D eigenvalue weighted by atomic mass is 9.84. The average molecular weight is 238 g/mol. The van der Waals surface area contributed by atoms with Gasteiger partial charge in [-0.25, -0.2) is 0 Å². The fraction of sp³-hybridized carbons (Fsp3) is 1.00. The van der Waals surface area contributed by atoms with Gasteiger partial charge in [-0.3, -0.25) is 4.90 Å². The van der Waals surface area contributed by atoms with Crippen molar-refractivity contribution in [3.05, 3.63) is 0 Å². The van der Waals surface area contributed by atoms with Crippen molar-refractivity contribution in [1.82, 2.24) is 4.90 Å². The van der Waals surface area contributed by atoms with Gasteiger partial charge in [0.1, 0.15) is 0 Å². The Morgan fingerprint density at radius 2 is 1.76 bits per heavy atom. The second-order valence-corrected chi connectivity index (χ2v) is 6.21. The summed E-state index contributed by atoms with van der Waals surface area (Å²) in [5.41, 5.74) is 6.04. The third-order valence-electron chi connectivity index (χ3n) is 4.93.